The molecular formula is C29H22N2O5. The van der Waals surface area contributed by atoms with Gasteiger partial charge in [-0.15, -0.1) is 0 Å². The number of amides is 2. The smallest absolute Gasteiger partial charge is 0.283 e. The number of nitro groups is 1. The summed E-state index contributed by atoms with van der Waals surface area (Å²) in [5, 5.41) is 11.3. The number of carbonyl (C=O) groups excluding carboxylic acids is 2. The quantitative estimate of drug-likeness (QED) is 0.179. The number of rotatable bonds is 6. The number of hydrogen-bond donors (Lipinski definition) is 0. The van der Waals surface area contributed by atoms with Crippen LogP contribution in [0.3, 0.4) is 0 Å². The molecule has 0 saturated carbocycles. The third-order valence-corrected chi connectivity index (χ3v) is 6.49. The van der Waals surface area contributed by atoms with E-state index in [0.29, 0.717) is 17.2 Å². The minimum Gasteiger partial charge on any atom is -0.457 e. The van der Waals surface area contributed by atoms with E-state index in [0.717, 1.165) is 10.5 Å². The van der Waals surface area contributed by atoms with Crippen LogP contribution in [0.1, 0.15) is 45.7 Å². The van der Waals surface area contributed by atoms with Gasteiger partial charge in [-0.2, -0.15) is 0 Å². The standard InChI is InChI=1S/C29H22N2O5/c1-29(2,19-7-4-3-5-8-19)20-11-15-22(16-12-20)36-23-17-13-21(14-18-23)30-27(32)24-9-6-10-25(31(34)35)26(24)28(30)33/h3-18H,1-2H3. The maximum Gasteiger partial charge on any atom is 0.283 e. The van der Waals surface area contributed by atoms with Crippen LogP contribution in [0.15, 0.2) is 97.1 Å². The highest BCUT2D eigenvalue weighted by atomic mass is 16.6. The van der Waals surface area contributed by atoms with Gasteiger partial charge in [-0.05, 0) is 53.6 Å². The van der Waals surface area contributed by atoms with E-state index < -0.39 is 16.7 Å². The monoisotopic (exact) mass is 478 g/mol. The highest BCUT2D eigenvalue weighted by Gasteiger charge is 2.41. The van der Waals surface area contributed by atoms with Crippen LogP contribution < -0.4 is 9.64 Å². The van der Waals surface area contributed by atoms with Gasteiger partial charge in [0.1, 0.15) is 17.1 Å². The highest BCUT2D eigenvalue weighted by molar-refractivity contribution is 6.35. The molecule has 178 valence electrons. The van der Waals surface area contributed by atoms with Crippen LogP contribution in [0.2, 0.25) is 0 Å². The average Bonchev–Trinajstić information content (AvgIpc) is 3.15. The van der Waals surface area contributed by atoms with Gasteiger partial charge in [-0.1, -0.05) is 62.4 Å². The molecule has 0 unspecified atom stereocenters. The summed E-state index contributed by atoms with van der Waals surface area (Å²) in [6, 6.07) is 28.6. The molecule has 0 saturated heterocycles. The Hall–Kier alpha value is -4.78. The van der Waals surface area contributed by atoms with Gasteiger partial charge >= 0.3 is 0 Å². The molecule has 0 fully saturated rings. The molecule has 0 spiro atoms. The van der Waals surface area contributed by atoms with Crippen molar-refractivity contribution in [2.24, 2.45) is 0 Å². The van der Waals surface area contributed by atoms with Crippen LogP contribution in [-0.4, -0.2) is 16.7 Å². The number of benzene rings is 4. The predicted octanol–water partition coefficient (Wildman–Crippen LogP) is 6.51. The van der Waals surface area contributed by atoms with Crippen LogP contribution in [-0.2, 0) is 5.41 Å². The number of hydrogen-bond acceptors (Lipinski definition) is 5. The normalized spacial score (nSPS) is 13.0. The first-order valence-corrected chi connectivity index (χ1v) is 11.4. The Morgan fingerprint density at radius 3 is 1.92 bits per heavy atom. The first-order chi connectivity index (χ1) is 17.3. The number of nitro benzene ring substituents is 1. The second-order valence-corrected chi connectivity index (χ2v) is 9.01. The summed E-state index contributed by atoms with van der Waals surface area (Å²) < 4.78 is 5.96. The summed E-state index contributed by atoms with van der Waals surface area (Å²) in [5.74, 6) is -0.139. The van der Waals surface area contributed by atoms with Gasteiger partial charge < -0.3 is 4.74 Å². The zero-order valence-electron chi connectivity index (χ0n) is 19.7. The lowest BCUT2D eigenvalue weighted by Gasteiger charge is -2.26. The molecule has 4 aromatic carbocycles. The number of nitrogens with zero attached hydrogens (tertiary/aromatic N) is 2. The fourth-order valence-corrected chi connectivity index (χ4v) is 4.41. The van der Waals surface area contributed by atoms with E-state index in [9.17, 15) is 19.7 Å². The predicted molar refractivity (Wildman–Crippen MR) is 136 cm³/mol. The van der Waals surface area contributed by atoms with Gasteiger partial charge in [0.05, 0.1) is 16.2 Å². The van der Waals surface area contributed by atoms with Gasteiger partial charge in [0.15, 0.2) is 0 Å². The number of fused-ring (bicyclic) bond motifs is 1. The van der Waals surface area contributed by atoms with Gasteiger partial charge in [0.25, 0.3) is 17.5 Å². The zero-order valence-corrected chi connectivity index (χ0v) is 19.7. The van der Waals surface area contributed by atoms with Crippen molar-refractivity contribution in [3.8, 4) is 11.5 Å². The molecule has 1 aliphatic heterocycles. The molecule has 0 aliphatic carbocycles. The second kappa shape index (κ2) is 8.78. The Morgan fingerprint density at radius 2 is 1.31 bits per heavy atom. The first-order valence-electron chi connectivity index (χ1n) is 11.4. The Bertz CT molecular complexity index is 1480. The molecular weight excluding hydrogens is 456 g/mol. The number of imide groups is 1. The summed E-state index contributed by atoms with van der Waals surface area (Å²) >= 11 is 0. The largest absolute Gasteiger partial charge is 0.457 e. The Balaban J connectivity index is 1.33. The molecule has 7 heteroatoms. The molecule has 0 radical (unpaired) electrons. The van der Waals surface area contributed by atoms with Crippen molar-refractivity contribution in [2.45, 2.75) is 19.3 Å². The Morgan fingerprint density at radius 1 is 0.722 bits per heavy atom. The average molecular weight is 479 g/mol. The number of ether oxygens (including phenoxy) is 1. The van der Waals surface area contributed by atoms with E-state index in [-0.39, 0.29) is 22.2 Å². The highest BCUT2D eigenvalue weighted by Crippen LogP contribution is 2.36. The number of carbonyl (C=O) groups is 2. The molecule has 36 heavy (non-hydrogen) atoms. The molecule has 0 aromatic heterocycles. The maximum absolute atomic E-state index is 12.9. The molecule has 1 heterocycles. The molecule has 7 nitrogen and oxygen atoms in total. The lowest BCUT2D eigenvalue weighted by atomic mass is 9.78. The molecule has 4 aromatic rings. The van der Waals surface area contributed by atoms with E-state index in [4.69, 9.17) is 4.74 Å². The van der Waals surface area contributed by atoms with Gasteiger partial charge in [-0.25, -0.2) is 4.90 Å². The second-order valence-electron chi connectivity index (χ2n) is 9.01. The van der Waals surface area contributed by atoms with E-state index in [2.05, 4.69) is 26.0 Å². The van der Waals surface area contributed by atoms with Crippen LogP contribution in [0.5, 0.6) is 11.5 Å². The molecule has 5 rings (SSSR count). The summed E-state index contributed by atoms with van der Waals surface area (Å²) in [4.78, 5) is 37.3. The van der Waals surface area contributed by atoms with E-state index in [1.165, 1.54) is 23.8 Å². The molecule has 2 amide bonds. The minimum absolute atomic E-state index is 0.0213. The molecule has 1 aliphatic rings. The van der Waals surface area contributed by atoms with Crippen molar-refractivity contribution in [2.75, 3.05) is 4.90 Å². The van der Waals surface area contributed by atoms with Crippen LogP contribution in [0, 0.1) is 10.1 Å². The summed E-state index contributed by atoms with van der Waals surface area (Å²) in [6.07, 6.45) is 0. The molecule has 0 atom stereocenters. The summed E-state index contributed by atoms with van der Waals surface area (Å²) in [5.41, 5.74) is 1.96. The van der Waals surface area contributed by atoms with Crippen molar-refractivity contribution in [3.05, 3.63) is 129 Å². The van der Waals surface area contributed by atoms with Crippen LogP contribution in [0.25, 0.3) is 0 Å². The van der Waals surface area contributed by atoms with Crippen LogP contribution >= 0.6 is 0 Å². The van der Waals surface area contributed by atoms with Gasteiger partial charge in [0.2, 0.25) is 0 Å². The first kappa shape index (κ1) is 23.0. The Kier molecular flexibility index (Phi) is 5.60. The summed E-state index contributed by atoms with van der Waals surface area (Å²) in [7, 11) is 0. The lowest BCUT2D eigenvalue weighted by Crippen LogP contribution is -2.29. The maximum atomic E-state index is 12.9. The lowest BCUT2D eigenvalue weighted by molar-refractivity contribution is -0.385. The van der Waals surface area contributed by atoms with Crippen molar-refractivity contribution >= 4 is 23.2 Å². The third-order valence-electron chi connectivity index (χ3n) is 6.49. The van der Waals surface area contributed by atoms with E-state index >= 15 is 0 Å². The van der Waals surface area contributed by atoms with Gasteiger partial charge in [0, 0.05) is 11.5 Å². The SMILES string of the molecule is CC(C)(c1ccccc1)c1ccc(Oc2ccc(N3C(=O)c4cccc([N+](=O)[O-])c4C3=O)cc2)cc1. The zero-order chi connectivity index (χ0) is 25.4. The number of anilines is 1. The molecule has 0 bridgehead atoms. The van der Waals surface area contributed by atoms with E-state index in [1.807, 2.05) is 42.5 Å². The van der Waals surface area contributed by atoms with Crippen molar-refractivity contribution < 1.29 is 19.2 Å². The van der Waals surface area contributed by atoms with Crippen LogP contribution in [0.4, 0.5) is 11.4 Å². The fraction of sp³-hybridized carbons (Fsp3) is 0.103. The Labute approximate surface area is 207 Å². The van der Waals surface area contributed by atoms with Gasteiger partial charge in [-0.3, -0.25) is 19.7 Å². The van der Waals surface area contributed by atoms with Crippen molar-refractivity contribution in [1.82, 2.24) is 0 Å². The van der Waals surface area contributed by atoms with E-state index in [1.54, 1.807) is 24.3 Å². The van der Waals surface area contributed by atoms with Crippen molar-refractivity contribution in [1.29, 1.82) is 0 Å². The fourth-order valence-electron chi connectivity index (χ4n) is 4.41. The third kappa shape index (κ3) is 3.90. The van der Waals surface area contributed by atoms with Crippen molar-refractivity contribution in [3.63, 3.8) is 0 Å². The topological polar surface area (TPSA) is 89.8 Å². The minimum atomic E-state index is -0.715. The summed E-state index contributed by atoms with van der Waals surface area (Å²) in [6.45, 7) is 4.34. The molecule has 0 N–H and O–H groups in total.